The van der Waals surface area contributed by atoms with Gasteiger partial charge in [0.25, 0.3) is 0 Å². The first-order valence-corrected chi connectivity index (χ1v) is 11.9. The van der Waals surface area contributed by atoms with Gasteiger partial charge in [-0.3, -0.25) is 4.79 Å². The van der Waals surface area contributed by atoms with Crippen LogP contribution in [-0.2, 0) is 16.0 Å². The highest BCUT2D eigenvalue weighted by molar-refractivity contribution is 5.90. The maximum Gasteiger partial charge on any atom is 0.335 e. The summed E-state index contributed by atoms with van der Waals surface area (Å²) in [7, 11) is 0. The van der Waals surface area contributed by atoms with Crippen molar-refractivity contribution in [2.24, 2.45) is 5.92 Å². The molecule has 1 saturated heterocycles. The number of hydrogen-bond acceptors (Lipinski definition) is 12. The van der Waals surface area contributed by atoms with Crippen molar-refractivity contribution >= 4 is 16.9 Å². The number of phenolic OH excluding ortho intramolecular Hbond substituents is 3. The Hall–Kier alpha value is -3.88. The van der Waals surface area contributed by atoms with Crippen LogP contribution in [0.1, 0.15) is 25.8 Å². The summed E-state index contributed by atoms with van der Waals surface area (Å²) >= 11 is 0. The summed E-state index contributed by atoms with van der Waals surface area (Å²) < 4.78 is 16.2. The number of carboxylic acids is 1. The zero-order chi connectivity index (χ0) is 28.8. The lowest BCUT2D eigenvalue weighted by atomic mass is 9.95. The van der Waals surface area contributed by atoms with Crippen molar-refractivity contribution in [1.82, 2.24) is 0 Å². The number of benzene rings is 2. The van der Waals surface area contributed by atoms with Crippen LogP contribution in [0.4, 0.5) is 0 Å². The van der Waals surface area contributed by atoms with Gasteiger partial charge < -0.3 is 54.7 Å². The van der Waals surface area contributed by atoms with E-state index in [0.29, 0.717) is 12.0 Å². The Balaban J connectivity index is 1.85. The van der Waals surface area contributed by atoms with E-state index in [4.69, 9.17) is 13.9 Å². The molecular weight excluding hydrogens is 520 g/mol. The molecule has 0 amide bonds. The Bertz CT molecular complexity index is 1440. The third-order valence-corrected chi connectivity index (χ3v) is 6.47. The van der Waals surface area contributed by atoms with Crippen LogP contribution in [-0.4, -0.2) is 77.2 Å². The quantitative estimate of drug-likeness (QED) is 0.151. The molecular formula is C26H28O13. The van der Waals surface area contributed by atoms with E-state index in [1.165, 1.54) is 24.3 Å². The average molecular weight is 548 g/mol. The molecule has 0 unspecified atom stereocenters. The number of aliphatic carboxylic acids is 1. The van der Waals surface area contributed by atoms with Crippen LogP contribution < -0.4 is 10.2 Å². The highest BCUT2D eigenvalue weighted by Gasteiger charge is 2.58. The fourth-order valence-electron chi connectivity index (χ4n) is 4.23. The summed E-state index contributed by atoms with van der Waals surface area (Å²) in [6.45, 7) is 3.91. The number of aromatic hydroxyl groups is 3. The van der Waals surface area contributed by atoms with Crippen molar-refractivity contribution in [3.63, 3.8) is 0 Å². The van der Waals surface area contributed by atoms with Crippen LogP contribution in [0.3, 0.4) is 0 Å². The molecule has 1 aliphatic heterocycles. The number of hydrogen-bond donors (Lipinski definition) is 8. The highest BCUT2D eigenvalue weighted by atomic mass is 16.7. The van der Waals surface area contributed by atoms with Gasteiger partial charge in [0.05, 0.1) is 0 Å². The van der Waals surface area contributed by atoms with Gasteiger partial charge in [-0.2, -0.15) is 0 Å². The SMILES string of the molecule is CC(C)CCc1c(-c2ccc(O)cc2)oc2cc(O[C@H]3O[C@H](C(=O)O)[C@@H](O)C(O)(O)[C@H]3O)c(O)c(O)c2c1=O. The van der Waals surface area contributed by atoms with Crippen molar-refractivity contribution in [1.29, 1.82) is 0 Å². The number of carbonyl (C=O) groups is 1. The Labute approximate surface area is 220 Å². The van der Waals surface area contributed by atoms with Crippen molar-refractivity contribution in [3.05, 3.63) is 46.1 Å². The molecule has 1 aromatic heterocycles. The summed E-state index contributed by atoms with van der Waals surface area (Å²) in [6.07, 6.45) is -8.45. The molecule has 0 aliphatic carbocycles. The molecule has 0 bridgehead atoms. The average Bonchev–Trinajstić information content (AvgIpc) is 2.86. The normalized spacial score (nSPS) is 22.7. The van der Waals surface area contributed by atoms with Gasteiger partial charge in [-0.25, -0.2) is 4.79 Å². The van der Waals surface area contributed by atoms with E-state index in [1.54, 1.807) is 0 Å². The van der Waals surface area contributed by atoms with Gasteiger partial charge in [-0.1, -0.05) is 13.8 Å². The van der Waals surface area contributed by atoms with Crippen LogP contribution in [0.2, 0.25) is 0 Å². The zero-order valence-corrected chi connectivity index (χ0v) is 20.8. The van der Waals surface area contributed by atoms with E-state index in [1.807, 2.05) is 13.8 Å². The van der Waals surface area contributed by atoms with Gasteiger partial charge >= 0.3 is 5.97 Å². The molecule has 0 radical (unpaired) electrons. The molecule has 1 aliphatic rings. The molecule has 8 N–H and O–H groups in total. The molecule has 2 aromatic carbocycles. The Kier molecular flexibility index (Phi) is 7.47. The monoisotopic (exact) mass is 548 g/mol. The molecule has 39 heavy (non-hydrogen) atoms. The Morgan fingerprint density at radius 1 is 1.05 bits per heavy atom. The molecule has 4 atom stereocenters. The van der Waals surface area contributed by atoms with E-state index >= 15 is 0 Å². The largest absolute Gasteiger partial charge is 0.508 e. The van der Waals surface area contributed by atoms with Gasteiger partial charge in [0.1, 0.15) is 28.6 Å². The maximum absolute atomic E-state index is 13.5. The summed E-state index contributed by atoms with van der Waals surface area (Å²) in [5.74, 6) is -7.50. The smallest absolute Gasteiger partial charge is 0.335 e. The Morgan fingerprint density at radius 3 is 2.28 bits per heavy atom. The predicted octanol–water partition coefficient (Wildman–Crippen LogP) is 0.756. The highest BCUT2D eigenvalue weighted by Crippen LogP contribution is 2.44. The second-order valence-electron chi connectivity index (χ2n) is 9.72. The molecule has 2 heterocycles. The van der Waals surface area contributed by atoms with Crippen LogP contribution >= 0.6 is 0 Å². The maximum atomic E-state index is 13.5. The number of fused-ring (bicyclic) bond motifs is 1. The van der Waals surface area contributed by atoms with Crippen LogP contribution in [0.25, 0.3) is 22.3 Å². The lowest BCUT2D eigenvalue weighted by Crippen LogP contribution is -2.69. The van der Waals surface area contributed by atoms with Gasteiger partial charge in [-0.15, -0.1) is 0 Å². The lowest BCUT2D eigenvalue weighted by Gasteiger charge is -2.43. The van der Waals surface area contributed by atoms with E-state index in [-0.39, 0.29) is 40.4 Å². The molecule has 0 spiro atoms. The van der Waals surface area contributed by atoms with Crippen molar-refractivity contribution in [3.8, 4) is 34.3 Å². The summed E-state index contributed by atoms with van der Waals surface area (Å²) in [5, 5.41) is 80.1. The van der Waals surface area contributed by atoms with Crippen molar-refractivity contribution in [2.45, 2.75) is 57.1 Å². The second kappa shape index (κ2) is 10.4. The van der Waals surface area contributed by atoms with Gasteiger partial charge in [0.15, 0.2) is 29.1 Å². The predicted molar refractivity (Wildman–Crippen MR) is 132 cm³/mol. The number of aliphatic hydroxyl groups excluding tert-OH is 2. The molecule has 13 nitrogen and oxygen atoms in total. The van der Waals surface area contributed by atoms with E-state index in [9.17, 15) is 50.4 Å². The van der Waals surface area contributed by atoms with Crippen LogP contribution in [0.5, 0.6) is 23.0 Å². The summed E-state index contributed by atoms with van der Waals surface area (Å²) in [4.78, 5) is 24.9. The van der Waals surface area contributed by atoms with Crippen LogP contribution in [0, 0.1) is 5.92 Å². The lowest BCUT2D eigenvalue weighted by molar-refractivity contribution is -0.369. The molecule has 210 valence electrons. The number of ether oxygens (including phenoxy) is 2. The number of rotatable bonds is 7. The molecule has 13 heteroatoms. The molecule has 1 fully saturated rings. The number of carboxylic acid groups (broad SMARTS) is 1. The van der Waals surface area contributed by atoms with Gasteiger partial charge in [0, 0.05) is 17.2 Å². The minimum absolute atomic E-state index is 0.0245. The first-order valence-electron chi connectivity index (χ1n) is 11.9. The third-order valence-electron chi connectivity index (χ3n) is 6.47. The number of aliphatic hydroxyl groups is 4. The second-order valence-corrected chi connectivity index (χ2v) is 9.72. The minimum Gasteiger partial charge on any atom is -0.508 e. The summed E-state index contributed by atoms with van der Waals surface area (Å²) in [6, 6.07) is 6.78. The molecule has 3 aromatic rings. The first-order chi connectivity index (χ1) is 18.2. The third kappa shape index (κ3) is 5.10. The zero-order valence-electron chi connectivity index (χ0n) is 20.8. The minimum atomic E-state index is -3.38. The van der Waals surface area contributed by atoms with Gasteiger partial charge in [0.2, 0.25) is 17.8 Å². The first kappa shape index (κ1) is 28.1. The van der Waals surface area contributed by atoms with E-state index in [2.05, 4.69) is 0 Å². The van der Waals surface area contributed by atoms with Gasteiger partial charge in [-0.05, 0) is 43.0 Å². The van der Waals surface area contributed by atoms with E-state index in [0.717, 1.165) is 6.07 Å². The molecule has 0 saturated carbocycles. The number of phenols is 3. The standard InChI is InChI=1S/C26H28O13/c1-10(2)3-8-13-17(28)16-14(37-20(13)11-4-6-12(27)7-5-11)9-15(18(29)19(16)30)38-25-23(32)26(35,36)22(31)21(39-25)24(33)34/h4-7,9-10,21-23,25,27,29-32,35-36H,3,8H2,1-2H3,(H,33,34)/t21-,22+,23-,25-/m0/s1. The molecule has 4 rings (SSSR count). The van der Waals surface area contributed by atoms with E-state index < -0.39 is 59.0 Å². The fraction of sp³-hybridized carbons (Fsp3) is 0.385. The van der Waals surface area contributed by atoms with Crippen LogP contribution in [0.15, 0.2) is 39.5 Å². The fourth-order valence-corrected chi connectivity index (χ4v) is 4.23. The van der Waals surface area contributed by atoms with Crippen molar-refractivity contribution in [2.75, 3.05) is 0 Å². The van der Waals surface area contributed by atoms with Crippen molar-refractivity contribution < 1.29 is 59.5 Å². The Morgan fingerprint density at radius 2 is 1.69 bits per heavy atom. The summed E-state index contributed by atoms with van der Waals surface area (Å²) in [5.41, 5.74) is -0.289. The topological polar surface area (TPSA) is 228 Å².